The summed E-state index contributed by atoms with van der Waals surface area (Å²) in [6, 6.07) is 12.8. The number of benzene rings is 2. The highest BCUT2D eigenvalue weighted by Crippen LogP contribution is 2.12. The number of methoxy groups -OCH3 is 1. The molecule has 2 aromatic carbocycles. The first kappa shape index (κ1) is 17.7. The fourth-order valence-corrected chi connectivity index (χ4v) is 2.07. The van der Waals surface area contributed by atoms with Crippen LogP contribution in [-0.2, 0) is 14.3 Å². The molecule has 0 aliphatic carbocycles. The van der Waals surface area contributed by atoms with E-state index in [-0.39, 0.29) is 0 Å². The lowest BCUT2D eigenvalue weighted by molar-refractivity contribution is -0.119. The van der Waals surface area contributed by atoms with Gasteiger partial charge in [-0.3, -0.25) is 4.79 Å². The van der Waals surface area contributed by atoms with Gasteiger partial charge in [0.2, 0.25) is 0 Å². The third-order valence-electron chi connectivity index (χ3n) is 3.00. The zero-order valence-corrected chi connectivity index (χ0v) is 14.3. The molecule has 0 aromatic heterocycles. The van der Waals surface area contributed by atoms with E-state index < -0.39 is 24.5 Å². The number of amides is 1. The molecule has 2 rings (SSSR count). The second-order valence-electron chi connectivity index (χ2n) is 4.70. The fraction of sp³-hybridized carbons (Fsp3) is 0.118. The van der Waals surface area contributed by atoms with E-state index >= 15 is 0 Å². The molecule has 7 heteroatoms. The third-order valence-corrected chi connectivity index (χ3v) is 3.53. The third kappa shape index (κ3) is 4.92. The predicted octanol–water partition coefficient (Wildman–Crippen LogP) is 3.03. The molecule has 6 nitrogen and oxygen atoms in total. The van der Waals surface area contributed by atoms with E-state index in [9.17, 15) is 14.4 Å². The lowest BCUT2D eigenvalue weighted by atomic mass is 10.2. The molecule has 0 aliphatic heterocycles. The molecule has 0 fully saturated rings. The molecule has 0 atom stereocenters. The van der Waals surface area contributed by atoms with Crippen molar-refractivity contribution in [3.8, 4) is 0 Å². The highest BCUT2D eigenvalue weighted by molar-refractivity contribution is 9.10. The van der Waals surface area contributed by atoms with Gasteiger partial charge in [0.1, 0.15) is 0 Å². The minimum absolute atomic E-state index is 0.355. The number of hydrogen-bond acceptors (Lipinski definition) is 5. The highest BCUT2D eigenvalue weighted by atomic mass is 79.9. The maximum absolute atomic E-state index is 11.8. The second-order valence-corrected chi connectivity index (χ2v) is 5.62. The Kier molecular flexibility index (Phi) is 6.08. The van der Waals surface area contributed by atoms with Crippen molar-refractivity contribution in [2.45, 2.75) is 0 Å². The Bertz CT molecular complexity index is 741. The van der Waals surface area contributed by atoms with Gasteiger partial charge in [-0.25, -0.2) is 9.59 Å². The Balaban J connectivity index is 1.85. The lowest BCUT2D eigenvalue weighted by Crippen LogP contribution is -2.21. The quantitative estimate of drug-likeness (QED) is 0.792. The molecule has 2 aromatic rings. The van der Waals surface area contributed by atoms with Crippen LogP contribution in [0, 0.1) is 0 Å². The smallest absolute Gasteiger partial charge is 0.338 e. The van der Waals surface area contributed by atoms with Crippen LogP contribution in [0.4, 0.5) is 5.69 Å². The normalized spacial score (nSPS) is 9.92. The molecule has 1 amide bonds. The molecular formula is C17H14BrNO5. The Labute approximate surface area is 146 Å². The van der Waals surface area contributed by atoms with Gasteiger partial charge in [-0.05, 0) is 48.5 Å². The number of rotatable bonds is 5. The minimum Gasteiger partial charge on any atom is -0.465 e. The second kappa shape index (κ2) is 8.26. The first-order chi connectivity index (χ1) is 11.5. The van der Waals surface area contributed by atoms with Crippen LogP contribution in [0.2, 0.25) is 0 Å². The molecule has 0 spiro atoms. The van der Waals surface area contributed by atoms with Crippen molar-refractivity contribution in [2.24, 2.45) is 0 Å². The average molecular weight is 392 g/mol. The van der Waals surface area contributed by atoms with Crippen LogP contribution in [-0.4, -0.2) is 31.6 Å². The number of anilines is 1. The Hall–Kier alpha value is -2.67. The summed E-state index contributed by atoms with van der Waals surface area (Å²) >= 11 is 3.27. The van der Waals surface area contributed by atoms with Crippen LogP contribution in [0.3, 0.4) is 0 Å². The number of carbonyl (C=O) groups is 3. The van der Waals surface area contributed by atoms with Crippen molar-refractivity contribution in [2.75, 3.05) is 19.0 Å². The van der Waals surface area contributed by atoms with E-state index in [0.29, 0.717) is 16.8 Å². The summed E-state index contributed by atoms with van der Waals surface area (Å²) in [6.45, 7) is -0.409. The first-order valence-electron chi connectivity index (χ1n) is 6.90. The van der Waals surface area contributed by atoms with Crippen molar-refractivity contribution in [3.63, 3.8) is 0 Å². The van der Waals surface area contributed by atoms with Gasteiger partial charge in [-0.1, -0.05) is 15.9 Å². The predicted molar refractivity (Wildman–Crippen MR) is 90.8 cm³/mol. The van der Waals surface area contributed by atoms with Crippen LogP contribution in [0.25, 0.3) is 0 Å². The summed E-state index contributed by atoms with van der Waals surface area (Å²) in [6.07, 6.45) is 0. The molecule has 0 aliphatic rings. The molecule has 1 N–H and O–H groups in total. The maximum atomic E-state index is 11.8. The number of nitrogens with one attached hydrogen (secondary N) is 1. The van der Waals surface area contributed by atoms with E-state index in [1.807, 2.05) is 0 Å². The van der Waals surface area contributed by atoms with Crippen molar-refractivity contribution < 1.29 is 23.9 Å². The Morgan fingerprint density at radius 3 is 2.04 bits per heavy atom. The summed E-state index contributed by atoms with van der Waals surface area (Å²) in [5.41, 5.74) is 1.21. The topological polar surface area (TPSA) is 81.7 Å². The van der Waals surface area contributed by atoms with Crippen LogP contribution in [0.5, 0.6) is 0 Å². The molecule has 0 saturated heterocycles. The summed E-state index contributed by atoms with van der Waals surface area (Å²) in [7, 11) is 1.29. The molecule has 0 unspecified atom stereocenters. The Morgan fingerprint density at radius 1 is 0.917 bits per heavy atom. The van der Waals surface area contributed by atoms with Gasteiger partial charge in [0.15, 0.2) is 6.61 Å². The van der Waals surface area contributed by atoms with Crippen molar-refractivity contribution >= 4 is 39.5 Å². The van der Waals surface area contributed by atoms with E-state index in [4.69, 9.17) is 4.74 Å². The molecule has 0 bridgehead atoms. The maximum Gasteiger partial charge on any atom is 0.338 e. The monoisotopic (exact) mass is 391 g/mol. The SMILES string of the molecule is COC(=O)c1ccc(NC(=O)COC(=O)c2ccc(Br)cc2)cc1. The van der Waals surface area contributed by atoms with Gasteiger partial charge in [0.25, 0.3) is 5.91 Å². The average Bonchev–Trinajstić information content (AvgIpc) is 2.60. The van der Waals surface area contributed by atoms with Gasteiger partial charge < -0.3 is 14.8 Å². The standard InChI is InChI=1S/C17H14BrNO5/c1-23-16(21)11-4-8-14(9-5-11)19-15(20)10-24-17(22)12-2-6-13(18)7-3-12/h2-9H,10H2,1H3,(H,19,20). The lowest BCUT2D eigenvalue weighted by Gasteiger charge is -2.07. The molecule has 0 radical (unpaired) electrons. The van der Waals surface area contributed by atoms with Crippen molar-refractivity contribution in [1.82, 2.24) is 0 Å². The molecule has 0 heterocycles. The van der Waals surface area contributed by atoms with E-state index in [1.54, 1.807) is 36.4 Å². The Morgan fingerprint density at radius 2 is 1.46 bits per heavy atom. The summed E-state index contributed by atoms with van der Waals surface area (Å²) in [4.78, 5) is 34.9. The van der Waals surface area contributed by atoms with E-state index in [0.717, 1.165) is 4.47 Å². The zero-order chi connectivity index (χ0) is 17.5. The van der Waals surface area contributed by atoms with Crippen LogP contribution in [0.15, 0.2) is 53.0 Å². The van der Waals surface area contributed by atoms with Gasteiger partial charge >= 0.3 is 11.9 Å². The van der Waals surface area contributed by atoms with Gasteiger partial charge in [0, 0.05) is 10.2 Å². The molecule has 124 valence electrons. The van der Waals surface area contributed by atoms with Crippen molar-refractivity contribution in [3.05, 3.63) is 64.1 Å². The van der Waals surface area contributed by atoms with Crippen LogP contribution < -0.4 is 5.32 Å². The minimum atomic E-state index is -0.585. The highest BCUT2D eigenvalue weighted by Gasteiger charge is 2.11. The number of ether oxygens (including phenoxy) is 2. The zero-order valence-electron chi connectivity index (χ0n) is 12.7. The number of halogens is 1. The molecule has 0 saturated carbocycles. The fourth-order valence-electron chi connectivity index (χ4n) is 1.80. The van der Waals surface area contributed by atoms with Crippen LogP contribution in [0.1, 0.15) is 20.7 Å². The van der Waals surface area contributed by atoms with Gasteiger partial charge in [-0.15, -0.1) is 0 Å². The van der Waals surface area contributed by atoms with Gasteiger partial charge in [0.05, 0.1) is 18.2 Å². The molecular weight excluding hydrogens is 378 g/mol. The number of hydrogen-bond donors (Lipinski definition) is 1. The number of esters is 2. The summed E-state index contributed by atoms with van der Waals surface area (Å²) < 4.78 is 10.4. The van der Waals surface area contributed by atoms with E-state index in [2.05, 4.69) is 26.0 Å². The number of carbonyl (C=O) groups excluding carboxylic acids is 3. The summed E-state index contributed by atoms with van der Waals surface area (Å²) in [5, 5.41) is 2.57. The van der Waals surface area contributed by atoms with Gasteiger partial charge in [-0.2, -0.15) is 0 Å². The van der Waals surface area contributed by atoms with Crippen LogP contribution >= 0.6 is 15.9 Å². The van der Waals surface area contributed by atoms with E-state index in [1.165, 1.54) is 19.2 Å². The van der Waals surface area contributed by atoms with Crippen molar-refractivity contribution in [1.29, 1.82) is 0 Å². The first-order valence-corrected chi connectivity index (χ1v) is 7.70. The largest absolute Gasteiger partial charge is 0.465 e. The summed E-state index contributed by atoms with van der Waals surface area (Å²) in [5.74, 6) is -1.53. The molecule has 24 heavy (non-hydrogen) atoms.